The molecule has 5 nitrogen and oxygen atoms in total. The molecule has 0 saturated carbocycles. The van der Waals surface area contributed by atoms with Crippen molar-refractivity contribution in [3.05, 3.63) is 54.0 Å². The van der Waals surface area contributed by atoms with Crippen LogP contribution in [-0.2, 0) is 0 Å². The van der Waals surface area contributed by atoms with Gasteiger partial charge in [0.25, 0.3) is 5.91 Å². The first-order valence-electron chi connectivity index (χ1n) is 6.85. The lowest BCUT2D eigenvalue weighted by Crippen LogP contribution is -2.25. The van der Waals surface area contributed by atoms with Crippen molar-refractivity contribution >= 4 is 11.6 Å². The van der Waals surface area contributed by atoms with Gasteiger partial charge in [0.15, 0.2) is 0 Å². The maximum Gasteiger partial charge on any atom is 0.251 e. The van der Waals surface area contributed by atoms with Crippen LogP contribution in [0.25, 0.3) is 0 Å². The number of furan rings is 1. The number of rotatable bonds is 6. The molecule has 0 fully saturated rings. The molecule has 1 aromatic carbocycles. The molecule has 1 amide bonds. The van der Waals surface area contributed by atoms with Gasteiger partial charge in [-0.2, -0.15) is 0 Å². The zero-order chi connectivity index (χ0) is 15.2. The van der Waals surface area contributed by atoms with E-state index in [0.717, 1.165) is 5.69 Å². The molecule has 0 aliphatic rings. The fourth-order valence-corrected chi connectivity index (χ4v) is 1.96. The Hall–Kier alpha value is -2.27. The van der Waals surface area contributed by atoms with E-state index in [9.17, 15) is 9.90 Å². The molecule has 0 saturated heterocycles. The van der Waals surface area contributed by atoms with E-state index in [1.807, 2.05) is 31.1 Å². The molecule has 0 bridgehead atoms. The first-order valence-corrected chi connectivity index (χ1v) is 6.85. The van der Waals surface area contributed by atoms with Crippen molar-refractivity contribution in [2.45, 2.75) is 12.5 Å². The number of carbonyl (C=O) groups is 1. The fraction of sp³-hybridized carbons (Fsp3) is 0.312. The fourth-order valence-electron chi connectivity index (χ4n) is 1.96. The number of hydrogen-bond donors (Lipinski definition) is 2. The van der Waals surface area contributed by atoms with E-state index in [1.54, 1.807) is 24.3 Å². The van der Waals surface area contributed by atoms with Gasteiger partial charge in [0.2, 0.25) is 0 Å². The normalized spacial score (nSPS) is 12.0. The molecule has 5 heteroatoms. The van der Waals surface area contributed by atoms with Crippen LogP contribution in [0.4, 0.5) is 5.69 Å². The second-order valence-corrected chi connectivity index (χ2v) is 5.02. The standard InChI is InChI=1S/C16H20N2O3/c1-18(2)13-7-5-12(6-8-13)16(20)17-10-9-14(19)15-4-3-11-21-15/h3-8,11,14,19H,9-10H2,1-2H3,(H,17,20). The van der Waals surface area contributed by atoms with Gasteiger partial charge in [-0.05, 0) is 42.8 Å². The lowest BCUT2D eigenvalue weighted by molar-refractivity contribution is 0.0936. The van der Waals surface area contributed by atoms with Gasteiger partial charge in [-0.25, -0.2) is 0 Å². The molecular weight excluding hydrogens is 268 g/mol. The summed E-state index contributed by atoms with van der Waals surface area (Å²) in [5.41, 5.74) is 1.65. The van der Waals surface area contributed by atoms with Crippen molar-refractivity contribution in [2.75, 3.05) is 25.5 Å². The monoisotopic (exact) mass is 288 g/mol. The molecule has 1 heterocycles. The number of nitrogens with one attached hydrogen (secondary N) is 1. The van der Waals surface area contributed by atoms with Gasteiger partial charge in [-0.1, -0.05) is 0 Å². The molecule has 2 aromatic rings. The SMILES string of the molecule is CN(C)c1ccc(C(=O)NCCC(O)c2ccco2)cc1. The molecule has 0 aliphatic carbocycles. The van der Waals surface area contributed by atoms with E-state index in [-0.39, 0.29) is 5.91 Å². The number of aliphatic hydroxyl groups is 1. The molecule has 1 unspecified atom stereocenters. The van der Waals surface area contributed by atoms with Gasteiger partial charge in [0.05, 0.1) is 6.26 Å². The average molecular weight is 288 g/mol. The summed E-state index contributed by atoms with van der Waals surface area (Å²) < 4.78 is 5.11. The summed E-state index contributed by atoms with van der Waals surface area (Å²) in [6.45, 7) is 0.385. The van der Waals surface area contributed by atoms with Gasteiger partial charge in [0, 0.05) is 31.9 Å². The Labute approximate surface area is 124 Å². The second-order valence-electron chi connectivity index (χ2n) is 5.02. The smallest absolute Gasteiger partial charge is 0.251 e. The van der Waals surface area contributed by atoms with Gasteiger partial charge in [-0.3, -0.25) is 4.79 Å². The van der Waals surface area contributed by atoms with Crippen molar-refractivity contribution in [1.29, 1.82) is 0 Å². The molecule has 2 N–H and O–H groups in total. The zero-order valence-electron chi connectivity index (χ0n) is 12.2. The maximum atomic E-state index is 12.0. The Bertz CT molecular complexity index is 562. The van der Waals surface area contributed by atoms with E-state index in [0.29, 0.717) is 24.3 Å². The second kappa shape index (κ2) is 6.95. The number of aliphatic hydroxyl groups excluding tert-OH is 1. The summed E-state index contributed by atoms with van der Waals surface area (Å²) in [6, 6.07) is 10.8. The molecule has 2 rings (SSSR count). The van der Waals surface area contributed by atoms with E-state index < -0.39 is 6.10 Å². The van der Waals surface area contributed by atoms with Crippen LogP contribution in [0.2, 0.25) is 0 Å². The minimum atomic E-state index is -0.698. The molecule has 1 aromatic heterocycles. The van der Waals surface area contributed by atoms with Crippen LogP contribution in [0.15, 0.2) is 47.1 Å². The highest BCUT2D eigenvalue weighted by Crippen LogP contribution is 2.16. The van der Waals surface area contributed by atoms with Crippen LogP contribution in [0, 0.1) is 0 Å². The van der Waals surface area contributed by atoms with Gasteiger partial charge in [-0.15, -0.1) is 0 Å². The lowest BCUT2D eigenvalue weighted by Gasteiger charge is -2.13. The molecule has 0 radical (unpaired) electrons. The first-order chi connectivity index (χ1) is 10.1. The predicted molar refractivity (Wildman–Crippen MR) is 81.4 cm³/mol. The average Bonchev–Trinajstić information content (AvgIpc) is 3.01. The number of hydrogen-bond acceptors (Lipinski definition) is 4. The molecule has 21 heavy (non-hydrogen) atoms. The van der Waals surface area contributed by atoms with E-state index in [1.165, 1.54) is 6.26 Å². The quantitative estimate of drug-likeness (QED) is 0.855. The molecule has 1 atom stereocenters. The highest BCUT2D eigenvalue weighted by atomic mass is 16.4. The Morgan fingerprint density at radius 1 is 1.29 bits per heavy atom. The Morgan fingerprint density at radius 3 is 2.57 bits per heavy atom. The molecular formula is C16H20N2O3. The summed E-state index contributed by atoms with van der Waals surface area (Å²) in [5, 5.41) is 12.6. The largest absolute Gasteiger partial charge is 0.467 e. The highest BCUT2D eigenvalue weighted by molar-refractivity contribution is 5.94. The van der Waals surface area contributed by atoms with Crippen LogP contribution >= 0.6 is 0 Å². The molecule has 0 spiro atoms. The van der Waals surface area contributed by atoms with Crippen LogP contribution in [0.3, 0.4) is 0 Å². The minimum Gasteiger partial charge on any atom is -0.467 e. The van der Waals surface area contributed by atoms with Gasteiger partial charge in [0.1, 0.15) is 11.9 Å². The van der Waals surface area contributed by atoms with E-state index in [4.69, 9.17) is 4.42 Å². The first kappa shape index (κ1) is 15.1. The lowest BCUT2D eigenvalue weighted by atomic mass is 10.1. The van der Waals surface area contributed by atoms with Crippen molar-refractivity contribution < 1.29 is 14.3 Å². The van der Waals surface area contributed by atoms with Crippen molar-refractivity contribution in [2.24, 2.45) is 0 Å². The third-order valence-electron chi connectivity index (χ3n) is 3.22. The number of amides is 1. The maximum absolute atomic E-state index is 12.0. The Balaban J connectivity index is 1.81. The third kappa shape index (κ3) is 4.10. The van der Waals surface area contributed by atoms with E-state index >= 15 is 0 Å². The molecule has 112 valence electrons. The third-order valence-corrected chi connectivity index (χ3v) is 3.22. The summed E-state index contributed by atoms with van der Waals surface area (Å²) in [5.74, 6) is 0.367. The van der Waals surface area contributed by atoms with Crippen LogP contribution in [0.1, 0.15) is 28.6 Å². The number of nitrogens with zero attached hydrogens (tertiary/aromatic N) is 1. The van der Waals surface area contributed by atoms with Crippen molar-refractivity contribution in [3.8, 4) is 0 Å². The van der Waals surface area contributed by atoms with E-state index in [2.05, 4.69) is 5.32 Å². The topological polar surface area (TPSA) is 65.7 Å². The Kier molecular flexibility index (Phi) is 5.00. The number of benzene rings is 1. The highest BCUT2D eigenvalue weighted by Gasteiger charge is 2.11. The van der Waals surface area contributed by atoms with Crippen molar-refractivity contribution in [3.63, 3.8) is 0 Å². The van der Waals surface area contributed by atoms with Crippen LogP contribution in [-0.4, -0.2) is 31.7 Å². The summed E-state index contributed by atoms with van der Waals surface area (Å²) >= 11 is 0. The summed E-state index contributed by atoms with van der Waals surface area (Å²) in [4.78, 5) is 13.9. The zero-order valence-corrected chi connectivity index (χ0v) is 12.2. The van der Waals surface area contributed by atoms with Crippen LogP contribution in [0.5, 0.6) is 0 Å². The molecule has 0 aliphatic heterocycles. The van der Waals surface area contributed by atoms with Crippen molar-refractivity contribution in [1.82, 2.24) is 5.32 Å². The minimum absolute atomic E-state index is 0.146. The predicted octanol–water partition coefficient (Wildman–Crippen LogP) is 2.20. The number of carbonyl (C=O) groups excluding carboxylic acids is 1. The summed E-state index contributed by atoms with van der Waals surface area (Å²) in [7, 11) is 3.90. The van der Waals surface area contributed by atoms with Gasteiger partial charge < -0.3 is 19.7 Å². The summed E-state index contributed by atoms with van der Waals surface area (Å²) in [6.07, 6.45) is 1.23. The van der Waals surface area contributed by atoms with Gasteiger partial charge >= 0.3 is 0 Å². The number of anilines is 1. The Morgan fingerprint density at radius 2 is 2.00 bits per heavy atom. The van der Waals surface area contributed by atoms with Crippen LogP contribution < -0.4 is 10.2 Å².